The Bertz CT molecular complexity index is 1020. The highest BCUT2D eigenvalue weighted by atomic mass is 16.5. The highest BCUT2D eigenvalue weighted by Crippen LogP contribution is 2.41. The molecule has 0 bridgehead atoms. The summed E-state index contributed by atoms with van der Waals surface area (Å²) in [4.78, 5) is 4.40. The molecule has 154 valence electrons. The van der Waals surface area contributed by atoms with Crippen molar-refractivity contribution in [2.45, 2.75) is 46.7 Å². The van der Waals surface area contributed by atoms with Gasteiger partial charge < -0.3 is 18.8 Å². The fourth-order valence-corrected chi connectivity index (χ4v) is 3.79. The van der Waals surface area contributed by atoms with Gasteiger partial charge in [-0.15, -0.1) is 0 Å². The zero-order valence-corrected chi connectivity index (χ0v) is 17.7. The van der Waals surface area contributed by atoms with Crippen LogP contribution < -0.4 is 14.2 Å². The molecule has 4 rings (SSSR count). The largest absolute Gasteiger partial charge is 0.496 e. The minimum atomic E-state index is 0.182. The predicted octanol–water partition coefficient (Wildman–Crippen LogP) is 4.10. The van der Waals surface area contributed by atoms with E-state index in [9.17, 15) is 0 Å². The third-order valence-electron chi connectivity index (χ3n) is 5.62. The maximum atomic E-state index is 5.88. The van der Waals surface area contributed by atoms with E-state index in [-0.39, 0.29) is 6.04 Å². The van der Waals surface area contributed by atoms with Gasteiger partial charge in [0, 0.05) is 30.3 Å². The molecule has 1 aliphatic rings. The van der Waals surface area contributed by atoms with E-state index in [1.165, 1.54) is 11.3 Å². The number of fused-ring (bicyclic) bond motifs is 1. The van der Waals surface area contributed by atoms with Crippen LogP contribution >= 0.6 is 0 Å². The number of aryl methyl sites for hydroxylation is 1. The second-order valence-corrected chi connectivity index (χ2v) is 7.57. The van der Waals surface area contributed by atoms with Gasteiger partial charge in [0.05, 0.1) is 50.3 Å². The highest BCUT2D eigenvalue weighted by molar-refractivity contribution is 5.72. The molecule has 3 heterocycles. The fraction of sp³-hybridized carbons (Fsp3) is 0.455. The molecule has 2 aromatic heterocycles. The van der Waals surface area contributed by atoms with Crippen molar-refractivity contribution in [3.8, 4) is 28.5 Å². The van der Waals surface area contributed by atoms with Crippen molar-refractivity contribution < 1.29 is 14.2 Å². The average Bonchev–Trinajstić information content (AvgIpc) is 3.17. The van der Waals surface area contributed by atoms with Gasteiger partial charge in [0.1, 0.15) is 5.75 Å². The topological polar surface area (TPSA) is 63.3 Å². The summed E-state index contributed by atoms with van der Waals surface area (Å²) < 4.78 is 21.6. The van der Waals surface area contributed by atoms with Gasteiger partial charge in [-0.2, -0.15) is 5.10 Å². The number of hydrogen-bond donors (Lipinski definition) is 0. The summed E-state index contributed by atoms with van der Waals surface area (Å²) in [5.41, 5.74) is 5.43. The Labute approximate surface area is 171 Å². The van der Waals surface area contributed by atoms with Crippen LogP contribution in [-0.2, 0) is 6.54 Å². The van der Waals surface area contributed by atoms with Gasteiger partial charge in [-0.1, -0.05) is 0 Å². The first-order valence-corrected chi connectivity index (χ1v) is 10.00. The number of benzene rings is 1. The van der Waals surface area contributed by atoms with E-state index >= 15 is 0 Å². The third-order valence-corrected chi connectivity index (χ3v) is 5.62. The molecule has 0 amide bonds. The van der Waals surface area contributed by atoms with Crippen molar-refractivity contribution in [1.82, 2.24) is 19.3 Å². The van der Waals surface area contributed by atoms with Gasteiger partial charge in [-0.05, 0) is 39.3 Å². The maximum absolute atomic E-state index is 5.88. The number of methoxy groups -OCH3 is 1. The summed E-state index contributed by atoms with van der Waals surface area (Å²) in [5, 5.41) is 4.72. The van der Waals surface area contributed by atoms with E-state index in [2.05, 4.69) is 41.9 Å². The van der Waals surface area contributed by atoms with Gasteiger partial charge in [-0.3, -0.25) is 4.68 Å². The van der Waals surface area contributed by atoms with E-state index < -0.39 is 0 Å². The van der Waals surface area contributed by atoms with Crippen molar-refractivity contribution in [3.63, 3.8) is 0 Å². The maximum Gasteiger partial charge on any atom is 0.164 e. The summed E-state index contributed by atoms with van der Waals surface area (Å²) in [6.45, 7) is 10.5. The lowest BCUT2D eigenvalue weighted by Crippen LogP contribution is -2.16. The minimum Gasteiger partial charge on any atom is -0.496 e. The molecular formula is C22H28N4O3. The molecule has 0 radical (unpaired) electrons. The molecule has 1 aromatic carbocycles. The molecule has 0 unspecified atom stereocenters. The molecule has 0 saturated heterocycles. The van der Waals surface area contributed by atoms with Crippen LogP contribution in [-0.4, -0.2) is 39.7 Å². The van der Waals surface area contributed by atoms with Gasteiger partial charge >= 0.3 is 0 Å². The summed E-state index contributed by atoms with van der Waals surface area (Å²) in [5.74, 6) is 2.21. The number of imidazole rings is 1. The Morgan fingerprint density at radius 1 is 1.14 bits per heavy atom. The molecule has 0 aliphatic carbocycles. The van der Waals surface area contributed by atoms with Gasteiger partial charge in [0.15, 0.2) is 11.5 Å². The lowest BCUT2D eigenvalue weighted by Gasteiger charge is -2.19. The Morgan fingerprint density at radius 3 is 2.52 bits per heavy atom. The lowest BCUT2D eigenvalue weighted by molar-refractivity contribution is 0.296. The summed E-state index contributed by atoms with van der Waals surface area (Å²) in [6, 6.07) is 4.08. The fourth-order valence-electron chi connectivity index (χ4n) is 3.79. The number of rotatable bonds is 5. The second kappa shape index (κ2) is 7.81. The van der Waals surface area contributed by atoms with E-state index in [1.54, 1.807) is 7.11 Å². The quantitative estimate of drug-likeness (QED) is 0.650. The molecular weight excluding hydrogens is 368 g/mol. The minimum absolute atomic E-state index is 0.182. The van der Waals surface area contributed by atoms with E-state index in [0.717, 1.165) is 47.2 Å². The van der Waals surface area contributed by atoms with Crippen LogP contribution in [0.4, 0.5) is 0 Å². The number of hydrogen-bond acceptors (Lipinski definition) is 5. The number of nitrogens with zero attached hydrogens (tertiary/aromatic N) is 4. The smallest absolute Gasteiger partial charge is 0.164 e. The Balaban J connectivity index is 1.69. The molecule has 29 heavy (non-hydrogen) atoms. The summed E-state index contributed by atoms with van der Waals surface area (Å²) in [6.07, 6.45) is 4.58. The Morgan fingerprint density at radius 2 is 1.86 bits per heavy atom. The van der Waals surface area contributed by atoms with E-state index in [4.69, 9.17) is 19.3 Å². The second-order valence-electron chi connectivity index (χ2n) is 7.57. The van der Waals surface area contributed by atoms with Crippen molar-refractivity contribution in [2.75, 3.05) is 20.3 Å². The monoisotopic (exact) mass is 396 g/mol. The summed E-state index contributed by atoms with van der Waals surface area (Å²) >= 11 is 0. The van der Waals surface area contributed by atoms with Crippen LogP contribution in [0.5, 0.6) is 17.2 Å². The van der Waals surface area contributed by atoms with Crippen LogP contribution in [0.25, 0.3) is 11.3 Å². The molecule has 7 heteroatoms. The molecule has 1 atom stereocenters. The highest BCUT2D eigenvalue weighted by Gasteiger charge is 2.20. The first kappa shape index (κ1) is 19.4. The van der Waals surface area contributed by atoms with Crippen LogP contribution in [0.3, 0.4) is 0 Å². The molecule has 7 nitrogen and oxygen atoms in total. The SMILES string of the molecule is COc1cc2c(cc1-c1cncn1C[C@@H](C)n1nc(C)c(C)c1C)OCCCO2. The molecule has 1 aliphatic heterocycles. The standard InChI is InChI=1S/C22H28N4O3/c1-14(26-17(4)15(2)16(3)24-26)12-25-13-23-11-19(25)18-9-21-22(10-20(18)27-5)29-8-6-7-28-21/h9-11,13-14H,6-8,12H2,1-5H3/t14-/m1/s1. The van der Waals surface area contributed by atoms with Crippen LogP contribution in [0.1, 0.15) is 36.3 Å². The van der Waals surface area contributed by atoms with Gasteiger partial charge in [-0.25, -0.2) is 4.98 Å². The first-order chi connectivity index (χ1) is 14.0. The van der Waals surface area contributed by atoms with Crippen LogP contribution in [0.2, 0.25) is 0 Å². The molecule has 0 spiro atoms. The van der Waals surface area contributed by atoms with Crippen LogP contribution in [0.15, 0.2) is 24.7 Å². The van der Waals surface area contributed by atoms with Crippen molar-refractivity contribution in [3.05, 3.63) is 41.6 Å². The lowest BCUT2D eigenvalue weighted by atomic mass is 10.1. The normalized spacial score (nSPS) is 14.5. The number of aromatic nitrogens is 4. The van der Waals surface area contributed by atoms with Gasteiger partial charge in [0.2, 0.25) is 0 Å². The van der Waals surface area contributed by atoms with E-state index in [1.807, 2.05) is 24.7 Å². The van der Waals surface area contributed by atoms with E-state index in [0.29, 0.717) is 13.2 Å². The molecule has 3 aromatic rings. The molecule has 0 N–H and O–H groups in total. The summed E-state index contributed by atoms with van der Waals surface area (Å²) in [7, 11) is 1.67. The zero-order chi connectivity index (χ0) is 20.5. The Hall–Kier alpha value is -2.96. The van der Waals surface area contributed by atoms with Crippen LogP contribution in [0, 0.1) is 20.8 Å². The van der Waals surface area contributed by atoms with Crippen molar-refractivity contribution in [1.29, 1.82) is 0 Å². The van der Waals surface area contributed by atoms with Gasteiger partial charge in [0.25, 0.3) is 0 Å². The average molecular weight is 396 g/mol. The molecule has 0 saturated carbocycles. The zero-order valence-electron chi connectivity index (χ0n) is 17.7. The van der Waals surface area contributed by atoms with Crippen molar-refractivity contribution >= 4 is 0 Å². The molecule has 0 fully saturated rings. The Kier molecular flexibility index (Phi) is 5.22. The van der Waals surface area contributed by atoms with Crippen molar-refractivity contribution in [2.24, 2.45) is 0 Å². The first-order valence-electron chi connectivity index (χ1n) is 10.00. The predicted molar refractivity (Wildman–Crippen MR) is 111 cm³/mol. The number of ether oxygens (including phenoxy) is 3. The third kappa shape index (κ3) is 3.57.